The molecule has 0 amide bonds. The summed E-state index contributed by atoms with van der Waals surface area (Å²) in [5.74, 6) is 0.112. The first-order valence-corrected chi connectivity index (χ1v) is 7.73. The first kappa shape index (κ1) is 16.2. The fraction of sp³-hybridized carbons (Fsp3) is 0.647. The minimum atomic E-state index is -0.306. The average Bonchev–Trinajstić information content (AvgIpc) is 2.85. The van der Waals surface area contributed by atoms with Crippen molar-refractivity contribution in [1.29, 1.82) is 0 Å². The Labute approximate surface area is 127 Å². The third-order valence-corrected chi connectivity index (χ3v) is 4.14. The summed E-state index contributed by atoms with van der Waals surface area (Å²) in [6.07, 6.45) is 0.653. The van der Waals surface area contributed by atoms with Crippen LogP contribution in [0.5, 0.6) is 0 Å². The van der Waals surface area contributed by atoms with Crippen LogP contribution in [-0.2, 0) is 6.54 Å². The van der Waals surface area contributed by atoms with E-state index in [1.165, 1.54) is 6.07 Å². The smallest absolute Gasteiger partial charge is 0.129 e. The van der Waals surface area contributed by atoms with E-state index >= 15 is 0 Å². The summed E-state index contributed by atoms with van der Waals surface area (Å²) in [7, 11) is 0. The van der Waals surface area contributed by atoms with Gasteiger partial charge in [-0.05, 0) is 46.2 Å². The molecule has 21 heavy (non-hydrogen) atoms. The lowest BCUT2D eigenvalue weighted by Crippen LogP contribution is -2.36. The molecule has 2 atom stereocenters. The number of halogens is 1. The normalized spacial score (nSPS) is 20.9. The van der Waals surface area contributed by atoms with E-state index in [-0.39, 0.29) is 23.4 Å². The van der Waals surface area contributed by atoms with Crippen LogP contribution < -0.4 is 10.2 Å². The van der Waals surface area contributed by atoms with Crippen LogP contribution >= 0.6 is 0 Å². The highest BCUT2D eigenvalue weighted by atomic mass is 19.1. The molecule has 0 aromatic heterocycles. The molecular weight excluding hydrogens is 267 g/mol. The maximum Gasteiger partial charge on any atom is 0.129 e. The summed E-state index contributed by atoms with van der Waals surface area (Å²) in [6.45, 7) is 10.3. The molecule has 2 N–H and O–H groups in total. The SMILES string of the molecule is CC(O)C1CCN(c2cccc(F)c2CNC(C)(C)C)C1. The zero-order valence-corrected chi connectivity index (χ0v) is 13.5. The van der Waals surface area contributed by atoms with Crippen LogP contribution in [-0.4, -0.2) is 29.8 Å². The Morgan fingerprint density at radius 3 is 2.71 bits per heavy atom. The number of nitrogens with one attached hydrogen (secondary N) is 1. The van der Waals surface area contributed by atoms with Gasteiger partial charge in [-0.1, -0.05) is 6.07 Å². The summed E-state index contributed by atoms with van der Waals surface area (Å²) in [5.41, 5.74) is 1.63. The van der Waals surface area contributed by atoms with Gasteiger partial charge in [0, 0.05) is 42.3 Å². The Kier molecular flexibility index (Phi) is 4.89. The fourth-order valence-electron chi connectivity index (χ4n) is 2.77. The molecule has 1 fully saturated rings. The van der Waals surface area contributed by atoms with E-state index in [4.69, 9.17) is 0 Å². The van der Waals surface area contributed by atoms with Gasteiger partial charge in [0.1, 0.15) is 5.82 Å². The summed E-state index contributed by atoms with van der Waals surface area (Å²) in [4.78, 5) is 2.19. The number of anilines is 1. The van der Waals surface area contributed by atoms with Gasteiger partial charge in [0.25, 0.3) is 0 Å². The zero-order chi connectivity index (χ0) is 15.6. The summed E-state index contributed by atoms with van der Waals surface area (Å²) >= 11 is 0. The number of rotatable bonds is 4. The fourth-order valence-corrected chi connectivity index (χ4v) is 2.77. The molecule has 3 nitrogen and oxygen atoms in total. The highest BCUT2D eigenvalue weighted by Gasteiger charge is 2.28. The van der Waals surface area contributed by atoms with Crippen molar-refractivity contribution in [2.75, 3.05) is 18.0 Å². The Balaban J connectivity index is 2.18. The molecule has 1 aliphatic rings. The average molecular weight is 294 g/mol. The molecule has 0 spiro atoms. The molecule has 118 valence electrons. The molecule has 0 saturated carbocycles. The van der Waals surface area contributed by atoms with Gasteiger partial charge >= 0.3 is 0 Å². The largest absolute Gasteiger partial charge is 0.393 e. The van der Waals surface area contributed by atoms with Crippen molar-refractivity contribution in [3.63, 3.8) is 0 Å². The van der Waals surface area contributed by atoms with Crippen LogP contribution in [0, 0.1) is 11.7 Å². The third-order valence-electron chi connectivity index (χ3n) is 4.14. The molecule has 1 saturated heterocycles. The standard InChI is InChI=1S/C17H27FN2O/c1-12(21)13-8-9-20(11-13)16-7-5-6-15(18)14(16)10-19-17(2,3)4/h5-7,12-13,19,21H,8-11H2,1-4H3. The van der Waals surface area contributed by atoms with E-state index in [1.54, 1.807) is 6.07 Å². The van der Waals surface area contributed by atoms with Crippen molar-refractivity contribution in [3.05, 3.63) is 29.6 Å². The molecule has 4 heteroatoms. The van der Waals surface area contributed by atoms with Crippen molar-refractivity contribution in [1.82, 2.24) is 5.32 Å². The number of aliphatic hydroxyl groups excluding tert-OH is 1. The molecule has 1 aliphatic heterocycles. The van der Waals surface area contributed by atoms with E-state index in [9.17, 15) is 9.50 Å². The second kappa shape index (κ2) is 6.32. The summed E-state index contributed by atoms with van der Waals surface area (Å²) in [6, 6.07) is 5.26. The maximum atomic E-state index is 14.2. The van der Waals surface area contributed by atoms with E-state index < -0.39 is 0 Å². The highest BCUT2D eigenvalue weighted by Crippen LogP contribution is 2.30. The molecule has 1 aromatic rings. The number of nitrogens with zero attached hydrogens (tertiary/aromatic N) is 1. The first-order chi connectivity index (χ1) is 9.78. The van der Waals surface area contributed by atoms with E-state index in [0.717, 1.165) is 30.8 Å². The van der Waals surface area contributed by atoms with Gasteiger partial charge in [-0.2, -0.15) is 0 Å². The van der Waals surface area contributed by atoms with Gasteiger partial charge in [0.15, 0.2) is 0 Å². The highest BCUT2D eigenvalue weighted by molar-refractivity contribution is 5.55. The van der Waals surface area contributed by atoms with Gasteiger partial charge in [-0.15, -0.1) is 0 Å². The Morgan fingerprint density at radius 2 is 2.14 bits per heavy atom. The lowest BCUT2D eigenvalue weighted by molar-refractivity contribution is 0.136. The van der Waals surface area contributed by atoms with Gasteiger partial charge in [0.05, 0.1) is 6.10 Å². The number of aliphatic hydroxyl groups is 1. The van der Waals surface area contributed by atoms with Crippen molar-refractivity contribution in [3.8, 4) is 0 Å². The monoisotopic (exact) mass is 294 g/mol. The molecule has 1 heterocycles. The Bertz CT molecular complexity index is 482. The molecule has 1 aromatic carbocycles. The van der Waals surface area contributed by atoms with Crippen LogP contribution in [0.2, 0.25) is 0 Å². The quantitative estimate of drug-likeness (QED) is 0.896. The van der Waals surface area contributed by atoms with Gasteiger partial charge in [-0.25, -0.2) is 4.39 Å². The summed E-state index contributed by atoms with van der Waals surface area (Å²) in [5, 5.41) is 13.1. The first-order valence-electron chi connectivity index (χ1n) is 7.73. The molecular formula is C17H27FN2O. The van der Waals surface area contributed by atoms with E-state index in [0.29, 0.717) is 6.54 Å². The molecule has 0 aliphatic carbocycles. The predicted octanol–water partition coefficient (Wildman–Crippen LogP) is 2.92. The molecule has 2 unspecified atom stereocenters. The van der Waals surface area contributed by atoms with Crippen molar-refractivity contribution in [2.24, 2.45) is 5.92 Å². The van der Waals surface area contributed by atoms with E-state index in [2.05, 4.69) is 31.0 Å². The van der Waals surface area contributed by atoms with Crippen molar-refractivity contribution < 1.29 is 9.50 Å². The maximum absolute atomic E-state index is 14.2. The molecule has 0 radical (unpaired) electrons. The van der Waals surface area contributed by atoms with Gasteiger partial charge in [0.2, 0.25) is 0 Å². The van der Waals surface area contributed by atoms with Crippen LogP contribution in [0.4, 0.5) is 10.1 Å². The minimum Gasteiger partial charge on any atom is -0.393 e. The predicted molar refractivity (Wildman–Crippen MR) is 85.0 cm³/mol. The lowest BCUT2D eigenvalue weighted by atomic mass is 10.0. The molecule has 2 rings (SSSR count). The minimum absolute atomic E-state index is 0.0489. The number of hydrogen-bond donors (Lipinski definition) is 2. The lowest BCUT2D eigenvalue weighted by Gasteiger charge is -2.26. The zero-order valence-electron chi connectivity index (χ0n) is 13.5. The van der Waals surface area contributed by atoms with Crippen molar-refractivity contribution in [2.45, 2.75) is 52.3 Å². The number of benzene rings is 1. The van der Waals surface area contributed by atoms with Crippen LogP contribution in [0.3, 0.4) is 0 Å². The van der Waals surface area contributed by atoms with Crippen LogP contribution in [0.1, 0.15) is 39.7 Å². The second-order valence-electron chi connectivity index (χ2n) is 7.08. The Hall–Kier alpha value is -1.13. The topological polar surface area (TPSA) is 35.5 Å². The van der Waals surface area contributed by atoms with Crippen LogP contribution in [0.15, 0.2) is 18.2 Å². The molecule has 0 bridgehead atoms. The third kappa shape index (κ3) is 4.17. The van der Waals surface area contributed by atoms with Gasteiger partial charge in [-0.3, -0.25) is 0 Å². The second-order valence-corrected chi connectivity index (χ2v) is 7.08. The Morgan fingerprint density at radius 1 is 1.43 bits per heavy atom. The van der Waals surface area contributed by atoms with Gasteiger partial charge < -0.3 is 15.3 Å². The summed E-state index contributed by atoms with van der Waals surface area (Å²) < 4.78 is 14.2. The van der Waals surface area contributed by atoms with E-state index in [1.807, 2.05) is 13.0 Å². The number of hydrogen-bond acceptors (Lipinski definition) is 3. The van der Waals surface area contributed by atoms with Crippen LogP contribution in [0.25, 0.3) is 0 Å². The van der Waals surface area contributed by atoms with Crippen molar-refractivity contribution >= 4 is 5.69 Å².